The summed E-state index contributed by atoms with van der Waals surface area (Å²) in [5, 5.41) is 11.7. The lowest BCUT2D eigenvalue weighted by molar-refractivity contribution is -0.171. The third-order valence-corrected chi connectivity index (χ3v) is 6.32. The average molecular weight is 549 g/mol. The third-order valence-electron chi connectivity index (χ3n) is 5.79. The zero-order valence-corrected chi connectivity index (χ0v) is 22.0. The van der Waals surface area contributed by atoms with Crippen LogP contribution in [-0.2, 0) is 31.1 Å². The van der Waals surface area contributed by atoms with E-state index >= 15 is 0 Å². The number of carbonyl (C=O) groups is 2. The summed E-state index contributed by atoms with van der Waals surface area (Å²) in [6.45, 7) is 3.57. The van der Waals surface area contributed by atoms with E-state index < -0.39 is 23.0 Å². The molecule has 0 unspecified atom stereocenters. The van der Waals surface area contributed by atoms with E-state index in [4.69, 9.17) is 9.47 Å². The van der Waals surface area contributed by atoms with E-state index in [2.05, 4.69) is 27.8 Å². The summed E-state index contributed by atoms with van der Waals surface area (Å²) in [5.74, 6) is 4.51. The summed E-state index contributed by atoms with van der Waals surface area (Å²) in [7, 11) is 0. The van der Waals surface area contributed by atoms with Gasteiger partial charge in [0.15, 0.2) is 11.0 Å². The molecule has 0 saturated carbocycles. The Morgan fingerprint density at radius 1 is 0.806 bits per heavy atom. The predicted octanol–water partition coefficient (Wildman–Crippen LogP) is 5.43. The van der Waals surface area contributed by atoms with Crippen LogP contribution in [0.5, 0.6) is 0 Å². The number of hydrogen-bond acceptors (Lipinski definition) is 5. The Bertz CT molecular complexity index is 1150. The SMILES string of the molecule is CCOC(=O)C(CC#CC(O)(c1ccccc1)c1ccccc1)(Cc1ccc(Br)cc1)C(=O)OCC. The van der Waals surface area contributed by atoms with Crippen molar-refractivity contribution in [2.75, 3.05) is 13.2 Å². The summed E-state index contributed by atoms with van der Waals surface area (Å²) in [4.78, 5) is 26.6. The highest BCUT2D eigenvalue weighted by Crippen LogP contribution is 2.33. The molecule has 0 saturated heterocycles. The quantitative estimate of drug-likeness (QED) is 0.219. The first-order valence-corrected chi connectivity index (χ1v) is 12.6. The molecule has 3 aromatic carbocycles. The highest BCUT2D eigenvalue weighted by molar-refractivity contribution is 9.10. The fourth-order valence-corrected chi connectivity index (χ4v) is 4.18. The molecule has 5 nitrogen and oxygen atoms in total. The average Bonchev–Trinajstić information content (AvgIpc) is 2.90. The Kier molecular flexibility index (Phi) is 9.46. The van der Waals surface area contributed by atoms with Crippen molar-refractivity contribution in [3.8, 4) is 11.8 Å². The Balaban J connectivity index is 2.10. The van der Waals surface area contributed by atoms with Gasteiger partial charge < -0.3 is 14.6 Å². The molecule has 0 aliphatic carbocycles. The van der Waals surface area contributed by atoms with Crippen LogP contribution in [0.25, 0.3) is 0 Å². The topological polar surface area (TPSA) is 72.8 Å². The maximum Gasteiger partial charge on any atom is 0.324 e. The van der Waals surface area contributed by atoms with Gasteiger partial charge in [0, 0.05) is 28.4 Å². The molecule has 0 radical (unpaired) electrons. The van der Waals surface area contributed by atoms with Crippen LogP contribution in [0.2, 0.25) is 0 Å². The number of rotatable bonds is 9. The van der Waals surface area contributed by atoms with E-state index in [1.165, 1.54) is 0 Å². The highest BCUT2D eigenvalue weighted by atomic mass is 79.9. The summed E-state index contributed by atoms with van der Waals surface area (Å²) < 4.78 is 11.6. The monoisotopic (exact) mass is 548 g/mol. The van der Waals surface area contributed by atoms with Gasteiger partial charge in [-0.2, -0.15) is 0 Å². The Labute approximate surface area is 220 Å². The molecule has 0 bridgehead atoms. The van der Waals surface area contributed by atoms with E-state index in [1.807, 2.05) is 60.7 Å². The van der Waals surface area contributed by atoms with Crippen molar-refractivity contribution in [3.05, 3.63) is 106 Å². The molecule has 0 aliphatic heterocycles. The van der Waals surface area contributed by atoms with Gasteiger partial charge in [-0.1, -0.05) is 101 Å². The van der Waals surface area contributed by atoms with E-state index in [9.17, 15) is 14.7 Å². The molecule has 0 aliphatic rings. The summed E-state index contributed by atoms with van der Waals surface area (Å²) in [5.41, 5.74) is -1.43. The molecular formula is C30H29BrO5. The Morgan fingerprint density at radius 2 is 1.28 bits per heavy atom. The lowest BCUT2D eigenvalue weighted by atomic mass is 9.78. The molecule has 0 atom stereocenters. The van der Waals surface area contributed by atoms with Gasteiger partial charge >= 0.3 is 11.9 Å². The molecule has 3 rings (SSSR count). The van der Waals surface area contributed by atoms with Crippen molar-refractivity contribution < 1.29 is 24.2 Å². The van der Waals surface area contributed by atoms with Crippen molar-refractivity contribution in [3.63, 3.8) is 0 Å². The fraction of sp³-hybridized carbons (Fsp3) is 0.267. The molecule has 6 heteroatoms. The van der Waals surface area contributed by atoms with Crippen LogP contribution >= 0.6 is 15.9 Å². The lowest BCUT2D eigenvalue weighted by Crippen LogP contribution is -2.44. The number of benzene rings is 3. The maximum absolute atomic E-state index is 13.3. The smallest absolute Gasteiger partial charge is 0.324 e. The Morgan fingerprint density at radius 3 is 1.72 bits per heavy atom. The maximum atomic E-state index is 13.3. The molecule has 1 N–H and O–H groups in total. The van der Waals surface area contributed by atoms with E-state index in [0.717, 1.165) is 10.0 Å². The second kappa shape index (κ2) is 12.5. The normalized spacial score (nSPS) is 11.2. The molecule has 36 heavy (non-hydrogen) atoms. The minimum Gasteiger partial charge on any atom is -0.465 e. The van der Waals surface area contributed by atoms with Crippen LogP contribution < -0.4 is 0 Å². The number of aliphatic hydroxyl groups is 1. The standard InChI is InChI=1S/C30H29BrO5/c1-3-35-27(32)29(28(33)36-4-2,22-23-16-18-26(31)19-17-23)20-11-21-30(34,24-12-7-5-8-13-24)25-14-9-6-10-15-25/h5-10,12-19,34H,3-4,20,22H2,1-2H3. The van der Waals surface area contributed by atoms with Crippen LogP contribution in [0, 0.1) is 17.3 Å². The first kappa shape index (κ1) is 27.2. The summed E-state index contributed by atoms with van der Waals surface area (Å²) in [6.07, 6.45) is -0.148. The van der Waals surface area contributed by atoms with Gasteiger partial charge in [0.2, 0.25) is 0 Å². The molecule has 0 fully saturated rings. The molecular weight excluding hydrogens is 520 g/mol. The first-order valence-electron chi connectivity index (χ1n) is 11.8. The second-order valence-electron chi connectivity index (χ2n) is 8.25. The number of hydrogen-bond donors (Lipinski definition) is 1. The van der Waals surface area contributed by atoms with Gasteiger partial charge in [0.25, 0.3) is 0 Å². The van der Waals surface area contributed by atoms with E-state index in [-0.39, 0.29) is 26.1 Å². The van der Waals surface area contributed by atoms with Crippen molar-refractivity contribution in [1.82, 2.24) is 0 Å². The lowest BCUT2D eigenvalue weighted by Gasteiger charge is -2.28. The van der Waals surface area contributed by atoms with Crippen molar-refractivity contribution in [2.24, 2.45) is 5.41 Å². The van der Waals surface area contributed by atoms with Crippen molar-refractivity contribution in [2.45, 2.75) is 32.3 Å². The van der Waals surface area contributed by atoms with Gasteiger partial charge in [-0.3, -0.25) is 9.59 Å². The van der Waals surface area contributed by atoms with Crippen molar-refractivity contribution >= 4 is 27.9 Å². The van der Waals surface area contributed by atoms with Gasteiger partial charge in [0.1, 0.15) is 0 Å². The third kappa shape index (κ3) is 6.23. The summed E-state index contributed by atoms with van der Waals surface area (Å²) in [6, 6.07) is 25.5. The van der Waals surface area contributed by atoms with E-state index in [0.29, 0.717) is 11.1 Å². The molecule has 0 spiro atoms. The zero-order valence-electron chi connectivity index (χ0n) is 20.4. The van der Waals surface area contributed by atoms with Crippen molar-refractivity contribution in [1.29, 1.82) is 0 Å². The van der Waals surface area contributed by atoms with Gasteiger partial charge in [-0.15, -0.1) is 0 Å². The minimum absolute atomic E-state index is 0.0434. The number of ether oxygens (including phenoxy) is 2. The summed E-state index contributed by atoms with van der Waals surface area (Å²) >= 11 is 3.41. The van der Waals surface area contributed by atoms with Crippen LogP contribution in [-0.4, -0.2) is 30.3 Å². The van der Waals surface area contributed by atoms with E-state index in [1.54, 1.807) is 38.1 Å². The van der Waals surface area contributed by atoms with Crippen LogP contribution in [0.4, 0.5) is 0 Å². The Hall–Kier alpha value is -3.40. The van der Waals surface area contributed by atoms with Gasteiger partial charge in [-0.05, 0) is 31.5 Å². The van der Waals surface area contributed by atoms with Gasteiger partial charge in [-0.25, -0.2) is 0 Å². The van der Waals surface area contributed by atoms with Crippen LogP contribution in [0.3, 0.4) is 0 Å². The molecule has 0 aromatic heterocycles. The molecule has 3 aromatic rings. The molecule has 186 valence electrons. The second-order valence-corrected chi connectivity index (χ2v) is 9.16. The molecule has 0 heterocycles. The number of carbonyl (C=O) groups excluding carboxylic acids is 2. The highest BCUT2D eigenvalue weighted by Gasteiger charge is 2.48. The molecule has 0 amide bonds. The minimum atomic E-state index is -1.69. The first-order chi connectivity index (χ1) is 17.4. The van der Waals surface area contributed by atoms with Crippen LogP contribution in [0.15, 0.2) is 89.4 Å². The predicted molar refractivity (Wildman–Crippen MR) is 142 cm³/mol. The number of halogens is 1. The number of esters is 2. The van der Waals surface area contributed by atoms with Crippen LogP contribution in [0.1, 0.15) is 37.0 Å². The van der Waals surface area contributed by atoms with Gasteiger partial charge in [0.05, 0.1) is 13.2 Å². The fourth-order valence-electron chi connectivity index (χ4n) is 3.92. The largest absolute Gasteiger partial charge is 0.465 e. The zero-order chi connectivity index (χ0) is 26.0.